The van der Waals surface area contributed by atoms with Gasteiger partial charge in [0.05, 0.1) is 17.2 Å². The molecule has 6 heteroatoms. The van der Waals surface area contributed by atoms with Gasteiger partial charge in [-0.05, 0) is 29.3 Å². The van der Waals surface area contributed by atoms with Crippen LogP contribution < -0.4 is 5.32 Å². The summed E-state index contributed by atoms with van der Waals surface area (Å²) in [5.74, 6) is 0.247. The zero-order chi connectivity index (χ0) is 13.1. The number of carbonyl (C=O) groups excluding carboxylic acids is 1. The van der Waals surface area contributed by atoms with Crippen molar-refractivity contribution in [3.8, 4) is 0 Å². The lowest BCUT2D eigenvalue weighted by molar-refractivity contribution is -0.132. The molecule has 0 bridgehead atoms. The van der Waals surface area contributed by atoms with Crippen LogP contribution >= 0.6 is 15.9 Å². The molecule has 2 heterocycles. The molecule has 1 amide bonds. The summed E-state index contributed by atoms with van der Waals surface area (Å²) >= 11 is 3.39. The van der Waals surface area contributed by atoms with Gasteiger partial charge in [-0.2, -0.15) is 5.10 Å². The van der Waals surface area contributed by atoms with Crippen molar-refractivity contribution < 1.29 is 4.79 Å². The first-order valence-corrected chi connectivity index (χ1v) is 7.02. The first-order chi connectivity index (χ1) is 8.54. The Bertz CT molecular complexity index is 420. The first kappa shape index (κ1) is 13.5. The Morgan fingerprint density at radius 1 is 1.67 bits per heavy atom. The smallest absolute Gasteiger partial charge is 0.222 e. The SMILES string of the molecule is C[C@H](Cn1cc(Br)cn1)N[C@H]1CCC(=O)N(C)C1. The van der Waals surface area contributed by atoms with Crippen LogP contribution in [0.15, 0.2) is 16.9 Å². The molecular formula is C12H19BrN4O. The Morgan fingerprint density at radius 3 is 3.06 bits per heavy atom. The number of carbonyl (C=O) groups is 1. The number of hydrogen-bond donors (Lipinski definition) is 1. The van der Waals surface area contributed by atoms with Gasteiger partial charge >= 0.3 is 0 Å². The number of piperidine rings is 1. The van der Waals surface area contributed by atoms with Crippen molar-refractivity contribution in [1.29, 1.82) is 0 Å². The number of nitrogens with zero attached hydrogens (tertiary/aromatic N) is 3. The molecule has 1 fully saturated rings. The fourth-order valence-electron chi connectivity index (χ4n) is 2.32. The van der Waals surface area contributed by atoms with E-state index in [9.17, 15) is 4.79 Å². The molecule has 1 aromatic rings. The molecule has 2 rings (SSSR count). The first-order valence-electron chi connectivity index (χ1n) is 6.22. The average Bonchev–Trinajstić information content (AvgIpc) is 2.69. The van der Waals surface area contributed by atoms with Crippen LogP contribution in [0.5, 0.6) is 0 Å². The van der Waals surface area contributed by atoms with Gasteiger partial charge in [0.1, 0.15) is 0 Å². The van der Waals surface area contributed by atoms with E-state index in [4.69, 9.17) is 0 Å². The van der Waals surface area contributed by atoms with Gasteiger partial charge in [-0.15, -0.1) is 0 Å². The van der Waals surface area contributed by atoms with Gasteiger partial charge in [0, 0.05) is 38.3 Å². The molecule has 18 heavy (non-hydrogen) atoms. The largest absolute Gasteiger partial charge is 0.344 e. The number of likely N-dealkylation sites (N-methyl/N-ethyl adjacent to an activating group) is 1. The molecule has 1 aromatic heterocycles. The Kier molecular flexibility index (Phi) is 4.40. The summed E-state index contributed by atoms with van der Waals surface area (Å²) in [4.78, 5) is 13.2. The van der Waals surface area contributed by atoms with Crippen LogP contribution in [0.2, 0.25) is 0 Å². The number of halogens is 1. The molecule has 1 saturated heterocycles. The predicted molar refractivity (Wildman–Crippen MR) is 73.2 cm³/mol. The van der Waals surface area contributed by atoms with E-state index in [1.807, 2.05) is 17.9 Å². The molecule has 5 nitrogen and oxygen atoms in total. The number of nitrogens with one attached hydrogen (secondary N) is 1. The molecule has 0 saturated carbocycles. The number of rotatable bonds is 4. The summed E-state index contributed by atoms with van der Waals surface area (Å²) < 4.78 is 2.91. The van der Waals surface area contributed by atoms with E-state index in [0.29, 0.717) is 18.5 Å². The molecule has 0 aliphatic carbocycles. The van der Waals surface area contributed by atoms with Crippen molar-refractivity contribution in [1.82, 2.24) is 20.0 Å². The van der Waals surface area contributed by atoms with E-state index in [-0.39, 0.29) is 5.91 Å². The maximum absolute atomic E-state index is 11.4. The highest BCUT2D eigenvalue weighted by Crippen LogP contribution is 2.11. The standard InChI is InChI=1S/C12H19BrN4O/c1-9(6-17-7-10(13)5-14-17)15-11-3-4-12(18)16(2)8-11/h5,7,9,11,15H,3-4,6,8H2,1-2H3/t9-,11+/m1/s1. The maximum Gasteiger partial charge on any atom is 0.222 e. The Morgan fingerprint density at radius 2 is 2.44 bits per heavy atom. The topological polar surface area (TPSA) is 50.2 Å². The average molecular weight is 315 g/mol. The Labute approximate surface area is 116 Å². The third-order valence-electron chi connectivity index (χ3n) is 3.21. The minimum atomic E-state index is 0.247. The molecule has 100 valence electrons. The van der Waals surface area contributed by atoms with Crippen molar-refractivity contribution in [3.05, 3.63) is 16.9 Å². The molecule has 0 aromatic carbocycles. The van der Waals surface area contributed by atoms with Gasteiger partial charge < -0.3 is 10.2 Å². The minimum absolute atomic E-state index is 0.247. The molecule has 1 aliphatic rings. The van der Waals surface area contributed by atoms with E-state index < -0.39 is 0 Å². The second-order valence-electron chi connectivity index (χ2n) is 4.96. The van der Waals surface area contributed by atoms with E-state index in [2.05, 4.69) is 33.3 Å². The van der Waals surface area contributed by atoms with Crippen LogP contribution in [-0.2, 0) is 11.3 Å². The van der Waals surface area contributed by atoms with Crippen LogP contribution in [0, 0.1) is 0 Å². The molecule has 0 radical (unpaired) electrons. The summed E-state index contributed by atoms with van der Waals surface area (Å²) in [6.45, 7) is 3.78. The third kappa shape index (κ3) is 3.55. The Hall–Kier alpha value is -0.880. The number of likely N-dealkylation sites (tertiary alicyclic amines) is 1. The zero-order valence-electron chi connectivity index (χ0n) is 10.8. The highest BCUT2D eigenvalue weighted by atomic mass is 79.9. The summed E-state index contributed by atoms with van der Waals surface area (Å²) in [6, 6.07) is 0.727. The summed E-state index contributed by atoms with van der Waals surface area (Å²) in [5.41, 5.74) is 0. The van der Waals surface area contributed by atoms with Crippen LogP contribution in [0.3, 0.4) is 0 Å². The molecule has 2 atom stereocenters. The molecule has 0 spiro atoms. The summed E-state index contributed by atoms with van der Waals surface area (Å²) in [7, 11) is 1.87. The third-order valence-corrected chi connectivity index (χ3v) is 3.62. The maximum atomic E-state index is 11.4. The summed E-state index contributed by atoms with van der Waals surface area (Å²) in [5, 5.41) is 7.80. The second-order valence-corrected chi connectivity index (χ2v) is 5.87. The van der Waals surface area contributed by atoms with Crippen molar-refractivity contribution in [3.63, 3.8) is 0 Å². The zero-order valence-corrected chi connectivity index (χ0v) is 12.4. The quantitative estimate of drug-likeness (QED) is 0.910. The molecule has 1 aliphatic heterocycles. The lowest BCUT2D eigenvalue weighted by Crippen LogP contribution is -2.50. The normalized spacial score (nSPS) is 22.3. The number of hydrogen-bond acceptors (Lipinski definition) is 3. The predicted octanol–water partition coefficient (Wildman–Crippen LogP) is 1.24. The minimum Gasteiger partial charge on any atom is -0.344 e. The summed E-state index contributed by atoms with van der Waals surface area (Å²) in [6.07, 6.45) is 5.33. The van der Waals surface area contributed by atoms with Gasteiger partial charge in [0.2, 0.25) is 5.91 Å². The van der Waals surface area contributed by atoms with Crippen LogP contribution in [0.25, 0.3) is 0 Å². The van der Waals surface area contributed by atoms with Gasteiger partial charge in [0.15, 0.2) is 0 Å². The lowest BCUT2D eigenvalue weighted by atomic mass is 10.0. The lowest BCUT2D eigenvalue weighted by Gasteiger charge is -2.32. The van der Waals surface area contributed by atoms with Gasteiger partial charge in [-0.25, -0.2) is 0 Å². The molecule has 1 N–H and O–H groups in total. The van der Waals surface area contributed by atoms with Crippen molar-refractivity contribution in [2.75, 3.05) is 13.6 Å². The van der Waals surface area contributed by atoms with Crippen molar-refractivity contribution in [2.24, 2.45) is 0 Å². The second kappa shape index (κ2) is 5.84. The van der Waals surface area contributed by atoms with E-state index >= 15 is 0 Å². The van der Waals surface area contributed by atoms with Crippen molar-refractivity contribution >= 4 is 21.8 Å². The van der Waals surface area contributed by atoms with Crippen LogP contribution in [0.1, 0.15) is 19.8 Å². The van der Waals surface area contributed by atoms with E-state index in [0.717, 1.165) is 24.0 Å². The van der Waals surface area contributed by atoms with Crippen molar-refractivity contribution in [2.45, 2.75) is 38.4 Å². The van der Waals surface area contributed by atoms with Gasteiger partial charge in [-0.3, -0.25) is 9.48 Å². The highest BCUT2D eigenvalue weighted by Gasteiger charge is 2.23. The van der Waals surface area contributed by atoms with Crippen LogP contribution in [0.4, 0.5) is 0 Å². The van der Waals surface area contributed by atoms with Gasteiger partial charge in [-0.1, -0.05) is 0 Å². The van der Waals surface area contributed by atoms with Crippen LogP contribution in [-0.4, -0.2) is 46.3 Å². The number of aromatic nitrogens is 2. The molecule has 0 unspecified atom stereocenters. The monoisotopic (exact) mass is 314 g/mol. The van der Waals surface area contributed by atoms with Gasteiger partial charge in [0.25, 0.3) is 0 Å². The van der Waals surface area contributed by atoms with E-state index in [1.54, 1.807) is 11.1 Å². The fraction of sp³-hybridized carbons (Fsp3) is 0.667. The van der Waals surface area contributed by atoms with E-state index in [1.165, 1.54) is 0 Å². The molecular weight excluding hydrogens is 296 g/mol. The highest BCUT2D eigenvalue weighted by molar-refractivity contribution is 9.10. The Balaban J connectivity index is 1.80. The number of amides is 1. The fourth-order valence-corrected chi connectivity index (χ4v) is 2.65.